The molecule has 1 aliphatic rings. The normalized spacial score (nSPS) is 16.1. The first-order valence-electron chi connectivity index (χ1n) is 9.14. The van der Waals surface area contributed by atoms with Gasteiger partial charge in [-0.1, -0.05) is 49.1 Å². The number of hydrogen-bond donors (Lipinski definition) is 3. The maximum absolute atomic E-state index is 12.0. The van der Waals surface area contributed by atoms with Crippen molar-refractivity contribution < 1.29 is 9.59 Å². The highest BCUT2D eigenvalue weighted by atomic mass is 35.5. The number of carbonyl (C=O) groups excluding carboxylic acids is 2. The van der Waals surface area contributed by atoms with Gasteiger partial charge in [-0.25, -0.2) is 4.79 Å². The third-order valence-corrected chi connectivity index (χ3v) is 4.90. The molecule has 1 unspecified atom stereocenters. The second-order valence-electron chi connectivity index (χ2n) is 6.65. The Morgan fingerprint density at radius 1 is 1.20 bits per heavy atom. The lowest BCUT2D eigenvalue weighted by Gasteiger charge is -2.22. The minimum Gasteiger partial charge on any atom is -0.350 e. The van der Waals surface area contributed by atoms with Crippen LogP contribution >= 0.6 is 11.6 Å². The molecule has 0 aliphatic heterocycles. The Bertz CT molecular complexity index is 574. The molecule has 25 heavy (non-hydrogen) atoms. The van der Waals surface area contributed by atoms with Gasteiger partial charge >= 0.3 is 6.03 Å². The van der Waals surface area contributed by atoms with Gasteiger partial charge in [0.05, 0.1) is 6.04 Å². The molecule has 138 valence electrons. The largest absolute Gasteiger partial charge is 0.350 e. The average molecular weight is 366 g/mol. The van der Waals surface area contributed by atoms with E-state index in [1.807, 2.05) is 31.2 Å². The first kappa shape index (κ1) is 19.6. The van der Waals surface area contributed by atoms with E-state index in [1.54, 1.807) is 0 Å². The number of hydrogen-bond acceptors (Lipinski definition) is 2. The van der Waals surface area contributed by atoms with Crippen LogP contribution < -0.4 is 16.0 Å². The van der Waals surface area contributed by atoms with Crippen LogP contribution in [-0.2, 0) is 4.79 Å². The maximum atomic E-state index is 12.0. The molecule has 1 saturated carbocycles. The second kappa shape index (κ2) is 10.3. The second-order valence-corrected chi connectivity index (χ2v) is 7.06. The first-order valence-corrected chi connectivity index (χ1v) is 9.52. The summed E-state index contributed by atoms with van der Waals surface area (Å²) in [6, 6.07) is 7.52. The van der Waals surface area contributed by atoms with Crippen LogP contribution in [0.2, 0.25) is 5.02 Å². The highest BCUT2D eigenvalue weighted by Crippen LogP contribution is 2.22. The van der Waals surface area contributed by atoms with Crippen molar-refractivity contribution in [3.63, 3.8) is 0 Å². The fraction of sp³-hybridized carbons (Fsp3) is 0.579. The zero-order valence-electron chi connectivity index (χ0n) is 14.8. The Morgan fingerprint density at radius 3 is 2.64 bits per heavy atom. The molecule has 5 nitrogen and oxygen atoms in total. The molecule has 2 rings (SSSR count). The summed E-state index contributed by atoms with van der Waals surface area (Å²) < 4.78 is 0. The number of carbonyl (C=O) groups is 2. The third kappa shape index (κ3) is 6.94. The zero-order valence-corrected chi connectivity index (χ0v) is 15.6. The molecule has 3 amide bonds. The fourth-order valence-electron chi connectivity index (χ4n) is 3.15. The van der Waals surface area contributed by atoms with Crippen molar-refractivity contribution in [3.05, 3.63) is 34.9 Å². The van der Waals surface area contributed by atoms with Gasteiger partial charge in [-0.2, -0.15) is 0 Å². The summed E-state index contributed by atoms with van der Waals surface area (Å²) in [6.07, 6.45) is 6.76. The van der Waals surface area contributed by atoms with Crippen LogP contribution in [0, 0.1) is 0 Å². The lowest BCUT2D eigenvalue weighted by Crippen LogP contribution is -2.43. The monoisotopic (exact) mass is 365 g/mol. The van der Waals surface area contributed by atoms with Crippen molar-refractivity contribution >= 4 is 23.5 Å². The van der Waals surface area contributed by atoms with Gasteiger partial charge in [0, 0.05) is 24.0 Å². The Kier molecular flexibility index (Phi) is 8.06. The Hall–Kier alpha value is -1.75. The first-order chi connectivity index (χ1) is 12.1. The van der Waals surface area contributed by atoms with Gasteiger partial charge in [0.1, 0.15) is 0 Å². The minimum absolute atomic E-state index is 0.0399. The summed E-state index contributed by atoms with van der Waals surface area (Å²) >= 11 is 6.14. The van der Waals surface area contributed by atoms with E-state index in [0.29, 0.717) is 30.5 Å². The SMILES string of the molecule is CC(NC(=O)CCCNC(=O)NC1CCCCC1)c1ccccc1Cl. The number of benzene rings is 1. The summed E-state index contributed by atoms with van der Waals surface area (Å²) in [6.45, 7) is 2.40. The van der Waals surface area contributed by atoms with E-state index < -0.39 is 0 Å². The molecule has 0 heterocycles. The van der Waals surface area contributed by atoms with Gasteiger partial charge in [0.2, 0.25) is 5.91 Å². The molecule has 1 fully saturated rings. The van der Waals surface area contributed by atoms with Gasteiger partial charge in [-0.15, -0.1) is 0 Å². The van der Waals surface area contributed by atoms with Crippen molar-refractivity contribution in [1.82, 2.24) is 16.0 Å². The third-order valence-electron chi connectivity index (χ3n) is 4.56. The molecule has 1 atom stereocenters. The van der Waals surface area contributed by atoms with Gasteiger partial charge in [0.25, 0.3) is 0 Å². The number of halogens is 1. The number of nitrogens with one attached hydrogen (secondary N) is 3. The average Bonchev–Trinajstić information content (AvgIpc) is 2.60. The van der Waals surface area contributed by atoms with Crippen molar-refractivity contribution in [1.29, 1.82) is 0 Å². The van der Waals surface area contributed by atoms with Crippen molar-refractivity contribution in [2.75, 3.05) is 6.54 Å². The van der Waals surface area contributed by atoms with Crippen LogP contribution in [0.5, 0.6) is 0 Å². The number of rotatable bonds is 7. The molecular formula is C19H28ClN3O2. The molecule has 3 N–H and O–H groups in total. The van der Waals surface area contributed by atoms with Crippen molar-refractivity contribution in [2.45, 2.75) is 64.0 Å². The summed E-state index contributed by atoms with van der Waals surface area (Å²) in [5.41, 5.74) is 0.905. The van der Waals surface area contributed by atoms with E-state index in [0.717, 1.165) is 18.4 Å². The zero-order chi connectivity index (χ0) is 18.1. The highest BCUT2D eigenvalue weighted by molar-refractivity contribution is 6.31. The molecule has 0 saturated heterocycles. The molecule has 0 aromatic heterocycles. The van der Waals surface area contributed by atoms with Crippen LogP contribution in [0.15, 0.2) is 24.3 Å². The molecular weight excluding hydrogens is 338 g/mol. The van der Waals surface area contributed by atoms with E-state index >= 15 is 0 Å². The molecule has 6 heteroatoms. The molecule has 0 bridgehead atoms. The highest BCUT2D eigenvalue weighted by Gasteiger charge is 2.15. The van der Waals surface area contributed by atoms with Gasteiger partial charge in [-0.05, 0) is 37.8 Å². The molecule has 1 aromatic carbocycles. The minimum atomic E-state index is -0.135. The molecule has 1 aliphatic carbocycles. The van der Waals surface area contributed by atoms with E-state index in [2.05, 4.69) is 16.0 Å². The van der Waals surface area contributed by atoms with Crippen LogP contribution in [0.4, 0.5) is 4.79 Å². The summed E-state index contributed by atoms with van der Waals surface area (Å²) in [5, 5.41) is 9.42. The smallest absolute Gasteiger partial charge is 0.315 e. The van der Waals surface area contributed by atoms with Crippen molar-refractivity contribution in [2.24, 2.45) is 0 Å². The van der Waals surface area contributed by atoms with Gasteiger partial charge < -0.3 is 16.0 Å². The van der Waals surface area contributed by atoms with Crippen LogP contribution in [0.1, 0.15) is 63.5 Å². The number of amides is 3. The fourth-order valence-corrected chi connectivity index (χ4v) is 3.45. The lowest BCUT2D eigenvalue weighted by atomic mass is 9.96. The Morgan fingerprint density at radius 2 is 1.92 bits per heavy atom. The van der Waals surface area contributed by atoms with Gasteiger partial charge in [0.15, 0.2) is 0 Å². The van der Waals surface area contributed by atoms with Crippen LogP contribution in [-0.4, -0.2) is 24.5 Å². The predicted molar refractivity (Wildman–Crippen MR) is 101 cm³/mol. The summed E-state index contributed by atoms with van der Waals surface area (Å²) in [7, 11) is 0. The Balaban J connectivity index is 1.60. The molecule has 0 radical (unpaired) electrons. The van der Waals surface area contributed by atoms with Crippen molar-refractivity contribution in [3.8, 4) is 0 Å². The van der Waals surface area contributed by atoms with E-state index in [-0.39, 0.29) is 18.0 Å². The van der Waals surface area contributed by atoms with E-state index in [4.69, 9.17) is 11.6 Å². The lowest BCUT2D eigenvalue weighted by molar-refractivity contribution is -0.121. The van der Waals surface area contributed by atoms with E-state index in [1.165, 1.54) is 19.3 Å². The van der Waals surface area contributed by atoms with Crippen LogP contribution in [0.3, 0.4) is 0 Å². The maximum Gasteiger partial charge on any atom is 0.315 e. The summed E-state index contributed by atoms with van der Waals surface area (Å²) in [5.74, 6) is -0.0399. The Labute approximate surface area is 154 Å². The predicted octanol–water partition coefficient (Wildman–Crippen LogP) is 3.93. The quantitative estimate of drug-likeness (QED) is 0.641. The number of urea groups is 1. The molecule has 1 aromatic rings. The molecule has 0 spiro atoms. The standard InChI is InChI=1S/C19H28ClN3O2/c1-14(16-10-5-6-11-17(16)20)22-18(24)12-7-13-21-19(25)23-15-8-3-2-4-9-15/h5-6,10-11,14-15H,2-4,7-9,12-13H2,1H3,(H,22,24)(H2,21,23,25). The topological polar surface area (TPSA) is 70.2 Å². The summed E-state index contributed by atoms with van der Waals surface area (Å²) in [4.78, 5) is 23.8. The van der Waals surface area contributed by atoms with E-state index in [9.17, 15) is 9.59 Å². The van der Waals surface area contributed by atoms with Gasteiger partial charge in [-0.3, -0.25) is 4.79 Å². The van der Waals surface area contributed by atoms with Crippen LogP contribution in [0.25, 0.3) is 0 Å².